The molecule has 0 aliphatic carbocycles. The van der Waals surface area contributed by atoms with Gasteiger partial charge in [0.1, 0.15) is 0 Å². The van der Waals surface area contributed by atoms with Gasteiger partial charge in [0.25, 0.3) is 0 Å². The molecule has 0 amide bonds. The largest absolute Gasteiger partial charge is 0.360 e. The summed E-state index contributed by atoms with van der Waals surface area (Å²) >= 11 is 5.30. The Balaban J connectivity index is 2.25. The van der Waals surface area contributed by atoms with Gasteiger partial charge in [0, 0.05) is 17.3 Å². The van der Waals surface area contributed by atoms with Gasteiger partial charge in [-0.25, -0.2) is 0 Å². The van der Waals surface area contributed by atoms with Crippen LogP contribution < -0.4 is 10.6 Å². The average Bonchev–Trinajstić information content (AvgIpc) is 2.39. The van der Waals surface area contributed by atoms with Crippen molar-refractivity contribution in [3.05, 3.63) is 54.6 Å². The summed E-state index contributed by atoms with van der Waals surface area (Å²) in [6.07, 6.45) is 0. The van der Waals surface area contributed by atoms with Crippen LogP contribution in [0.2, 0.25) is 0 Å². The Morgan fingerprint density at radius 3 is 2.26 bits per heavy atom. The van der Waals surface area contributed by atoms with Crippen LogP contribution in [0.5, 0.6) is 0 Å². The molecule has 0 fully saturated rings. The third-order valence-electron chi connectivity index (χ3n) is 2.68. The quantitative estimate of drug-likeness (QED) is 0.823. The molecule has 2 aromatic carbocycles. The van der Waals surface area contributed by atoms with Crippen LogP contribution in [0.15, 0.2) is 54.6 Å². The zero-order valence-electron chi connectivity index (χ0n) is 11.2. The minimum absolute atomic E-state index is 0.323. The summed E-state index contributed by atoms with van der Waals surface area (Å²) in [5.74, 6) is 0. The molecule has 0 aliphatic rings. The van der Waals surface area contributed by atoms with Gasteiger partial charge in [-0.05, 0) is 37.7 Å². The zero-order chi connectivity index (χ0) is 13.7. The molecule has 2 rings (SSSR count). The molecular formula is C16H18N2S. The van der Waals surface area contributed by atoms with Crippen LogP contribution in [0.25, 0.3) is 11.1 Å². The van der Waals surface area contributed by atoms with Crippen molar-refractivity contribution in [1.29, 1.82) is 0 Å². The van der Waals surface area contributed by atoms with Gasteiger partial charge in [0.15, 0.2) is 5.11 Å². The summed E-state index contributed by atoms with van der Waals surface area (Å²) in [6.45, 7) is 4.13. The van der Waals surface area contributed by atoms with Gasteiger partial charge in [0.05, 0.1) is 0 Å². The summed E-state index contributed by atoms with van der Waals surface area (Å²) in [7, 11) is 0. The van der Waals surface area contributed by atoms with Gasteiger partial charge < -0.3 is 10.6 Å². The molecule has 3 heteroatoms. The van der Waals surface area contributed by atoms with Crippen LogP contribution >= 0.6 is 12.2 Å². The summed E-state index contributed by atoms with van der Waals surface area (Å²) in [5, 5.41) is 7.10. The van der Waals surface area contributed by atoms with Crippen LogP contribution in [0.1, 0.15) is 13.8 Å². The van der Waals surface area contributed by atoms with Crippen molar-refractivity contribution in [3.63, 3.8) is 0 Å². The smallest absolute Gasteiger partial charge is 0.170 e. The Hall–Kier alpha value is -1.87. The van der Waals surface area contributed by atoms with E-state index in [9.17, 15) is 0 Å². The fraction of sp³-hybridized carbons (Fsp3) is 0.188. The monoisotopic (exact) mass is 270 g/mol. The molecule has 0 unspecified atom stereocenters. The molecule has 0 spiro atoms. The lowest BCUT2D eigenvalue weighted by atomic mass is 10.0. The Morgan fingerprint density at radius 2 is 1.58 bits per heavy atom. The molecule has 98 valence electrons. The highest BCUT2D eigenvalue weighted by Gasteiger charge is 2.06. The molecule has 0 bridgehead atoms. The maximum absolute atomic E-state index is 5.30. The molecule has 2 N–H and O–H groups in total. The number of benzene rings is 2. The van der Waals surface area contributed by atoms with Crippen molar-refractivity contribution < 1.29 is 0 Å². The first-order valence-corrected chi connectivity index (χ1v) is 6.79. The van der Waals surface area contributed by atoms with Gasteiger partial charge in [-0.1, -0.05) is 48.5 Å². The van der Waals surface area contributed by atoms with Crippen molar-refractivity contribution in [2.24, 2.45) is 0 Å². The third kappa shape index (κ3) is 3.80. The molecule has 0 heterocycles. The van der Waals surface area contributed by atoms with Crippen molar-refractivity contribution in [2.75, 3.05) is 5.32 Å². The van der Waals surface area contributed by atoms with Gasteiger partial charge in [-0.15, -0.1) is 0 Å². The highest BCUT2D eigenvalue weighted by atomic mass is 32.1. The van der Waals surface area contributed by atoms with E-state index in [1.807, 2.05) is 36.4 Å². The summed E-state index contributed by atoms with van der Waals surface area (Å²) in [5.41, 5.74) is 3.35. The van der Waals surface area contributed by atoms with E-state index in [4.69, 9.17) is 12.2 Å². The van der Waals surface area contributed by atoms with E-state index in [-0.39, 0.29) is 0 Å². The summed E-state index contributed by atoms with van der Waals surface area (Å²) in [6, 6.07) is 18.8. The van der Waals surface area contributed by atoms with E-state index in [0.717, 1.165) is 11.3 Å². The first-order chi connectivity index (χ1) is 9.16. The van der Waals surface area contributed by atoms with E-state index in [2.05, 4.69) is 42.7 Å². The first-order valence-electron chi connectivity index (χ1n) is 6.39. The summed E-state index contributed by atoms with van der Waals surface area (Å²) in [4.78, 5) is 0. The maximum atomic E-state index is 5.30. The minimum atomic E-state index is 0.323. The molecule has 19 heavy (non-hydrogen) atoms. The van der Waals surface area contributed by atoms with E-state index in [1.54, 1.807) is 0 Å². The highest BCUT2D eigenvalue weighted by Crippen LogP contribution is 2.27. The van der Waals surface area contributed by atoms with Crippen molar-refractivity contribution in [2.45, 2.75) is 19.9 Å². The molecule has 0 radical (unpaired) electrons. The summed E-state index contributed by atoms with van der Waals surface area (Å²) < 4.78 is 0. The standard InChI is InChI=1S/C16H18N2S/c1-12(2)17-16(19)18-15-11-7-6-10-14(15)13-8-4-3-5-9-13/h3-12H,1-2H3,(H2,17,18,19). The Kier molecular flexibility index (Phi) is 4.53. The van der Waals surface area contributed by atoms with Crippen LogP contribution in [-0.2, 0) is 0 Å². The topological polar surface area (TPSA) is 24.1 Å². The third-order valence-corrected chi connectivity index (χ3v) is 2.90. The molecule has 0 aliphatic heterocycles. The normalized spacial score (nSPS) is 10.3. The SMILES string of the molecule is CC(C)NC(=S)Nc1ccccc1-c1ccccc1. The van der Waals surface area contributed by atoms with Gasteiger partial charge in [-0.3, -0.25) is 0 Å². The number of thiocarbonyl (C=S) groups is 1. The second kappa shape index (κ2) is 6.34. The number of para-hydroxylation sites is 1. The highest BCUT2D eigenvalue weighted by molar-refractivity contribution is 7.80. The van der Waals surface area contributed by atoms with Crippen LogP contribution in [-0.4, -0.2) is 11.2 Å². The van der Waals surface area contributed by atoms with Crippen LogP contribution in [0.4, 0.5) is 5.69 Å². The lowest BCUT2D eigenvalue weighted by Gasteiger charge is -2.16. The fourth-order valence-corrected chi connectivity index (χ4v) is 2.23. The molecule has 2 nitrogen and oxygen atoms in total. The number of hydrogen-bond donors (Lipinski definition) is 2. The van der Waals surface area contributed by atoms with E-state index >= 15 is 0 Å². The Morgan fingerprint density at radius 1 is 0.947 bits per heavy atom. The molecule has 2 aromatic rings. The van der Waals surface area contributed by atoms with Crippen molar-refractivity contribution >= 4 is 23.0 Å². The molecule has 0 saturated heterocycles. The number of nitrogens with one attached hydrogen (secondary N) is 2. The van der Waals surface area contributed by atoms with E-state index in [0.29, 0.717) is 11.2 Å². The lowest BCUT2D eigenvalue weighted by molar-refractivity contribution is 0.739. The number of hydrogen-bond acceptors (Lipinski definition) is 1. The maximum Gasteiger partial charge on any atom is 0.170 e. The minimum Gasteiger partial charge on any atom is -0.360 e. The van der Waals surface area contributed by atoms with Gasteiger partial charge in [0.2, 0.25) is 0 Å². The van der Waals surface area contributed by atoms with E-state index in [1.165, 1.54) is 5.56 Å². The van der Waals surface area contributed by atoms with E-state index < -0.39 is 0 Å². The van der Waals surface area contributed by atoms with Crippen LogP contribution in [0.3, 0.4) is 0 Å². The fourth-order valence-electron chi connectivity index (χ4n) is 1.88. The Labute approximate surface area is 119 Å². The van der Waals surface area contributed by atoms with Gasteiger partial charge >= 0.3 is 0 Å². The first kappa shape index (κ1) is 13.6. The Bertz CT molecular complexity index is 550. The second-order valence-electron chi connectivity index (χ2n) is 4.66. The second-order valence-corrected chi connectivity index (χ2v) is 5.07. The molecule has 0 atom stereocenters. The molecule has 0 aromatic heterocycles. The number of anilines is 1. The van der Waals surface area contributed by atoms with Crippen molar-refractivity contribution in [3.8, 4) is 11.1 Å². The lowest BCUT2D eigenvalue weighted by Crippen LogP contribution is -2.34. The average molecular weight is 270 g/mol. The zero-order valence-corrected chi connectivity index (χ0v) is 12.0. The van der Waals surface area contributed by atoms with Crippen LogP contribution in [0, 0.1) is 0 Å². The molecular weight excluding hydrogens is 252 g/mol. The number of rotatable bonds is 3. The predicted molar refractivity (Wildman–Crippen MR) is 86.4 cm³/mol. The molecule has 0 saturated carbocycles. The van der Waals surface area contributed by atoms with Gasteiger partial charge in [-0.2, -0.15) is 0 Å². The van der Waals surface area contributed by atoms with Crippen molar-refractivity contribution in [1.82, 2.24) is 5.32 Å². The predicted octanol–water partition coefficient (Wildman–Crippen LogP) is 4.05.